The molecule has 0 aliphatic heterocycles. The molecule has 3 rings (SSSR count). The summed E-state index contributed by atoms with van der Waals surface area (Å²) in [7, 11) is 0. The lowest BCUT2D eigenvalue weighted by molar-refractivity contribution is -0.123. The molecule has 1 aromatic heterocycles. The van der Waals surface area contributed by atoms with Crippen molar-refractivity contribution in [2.75, 3.05) is 5.32 Å². The van der Waals surface area contributed by atoms with E-state index in [1.54, 1.807) is 42.5 Å². The monoisotopic (exact) mass is 362 g/mol. The number of nitriles is 1. The molecule has 1 N–H and O–H groups in total. The van der Waals surface area contributed by atoms with E-state index in [-0.39, 0.29) is 5.56 Å². The minimum Gasteiger partial charge on any atom is -0.449 e. The fourth-order valence-electron chi connectivity index (χ4n) is 2.39. The fraction of sp³-hybridized carbons (Fsp3) is 0.100. The number of para-hydroxylation sites is 1. The molecule has 1 heterocycles. The predicted molar refractivity (Wildman–Crippen MR) is 97.1 cm³/mol. The van der Waals surface area contributed by atoms with E-state index in [0.29, 0.717) is 22.2 Å². The number of hydrogen-bond donors (Lipinski definition) is 1. The van der Waals surface area contributed by atoms with Crippen LogP contribution < -0.4 is 10.9 Å². The summed E-state index contributed by atoms with van der Waals surface area (Å²) in [5.74, 6) is -1.55. The van der Waals surface area contributed by atoms with Crippen molar-refractivity contribution in [2.45, 2.75) is 13.0 Å². The summed E-state index contributed by atoms with van der Waals surface area (Å²) in [6.07, 6.45) is -1.16. The largest absolute Gasteiger partial charge is 0.449 e. The van der Waals surface area contributed by atoms with Crippen molar-refractivity contribution in [3.63, 3.8) is 0 Å². The van der Waals surface area contributed by atoms with Gasteiger partial charge in [0.2, 0.25) is 0 Å². The van der Waals surface area contributed by atoms with E-state index < -0.39 is 23.6 Å². The van der Waals surface area contributed by atoms with Crippen molar-refractivity contribution >= 4 is 28.5 Å². The Kier molecular flexibility index (Phi) is 4.99. The molecule has 134 valence electrons. The van der Waals surface area contributed by atoms with Gasteiger partial charge in [-0.2, -0.15) is 5.26 Å². The number of carbonyl (C=O) groups is 2. The number of esters is 1. The molecule has 0 fully saturated rings. The van der Waals surface area contributed by atoms with E-state index >= 15 is 0 Å². The van der Waals surface area contributed by atoms with Gasteiger partial charge in [-0.3, -0.25) is 4.79 Å². The molecular weight excluding hydrogens is 348 g/mol. The lowest BCUT2D eigenvalue weighted by Gasteiger charge is -2.13. The van der Waals surface area contributed by atoms with Crippen LogP contribution in [-0.4, -0.2) is 18.0 Å². The highest BCUT2D eigenvalue weighted by Gasteiger charge is 2.22. The molecule has 7 heteroatoms. The molecule has 0 aliphatic carbocycles. The Bertz CT molecular complexity index is 1130. The average molecular weight is 362 g/mol. The number of carbonyl (C=O) groups excluding carboxylic acids is 2. The first-order chi connectivity index (χ1) is 13.0. The second-order valence-electron chi connectivity index (χ2n) is 5.71. The number of nitrogens with one attached hydrogen (secondary N) is 1. The molecule has 2 aromatic carbocycles. The first-order valence-electron chi connectivity index (χ1n) is 8.03. The van der Waals surface area contributed by atoms with Crippen molar-refractivity contribution in [2.24, 2.45) is 0 Å². The van der Waals surface area contributed by atoms with Crippen LogP contribution in [-0.2, 0) is 9.53 Å². The van der Waals surface area contributed by atoms with Crippen LogP contribution in [0.3, 0.4) is 0 Å². The van der Waals surface area contributed by atoms with Crippen LogP contribution in [0.1, 0.15) is 22.8 Å². The smallest absolute Gasteiger partial charge is 0.351 e. The van der Waals surface area contributed by atoms with Crippen molar-refractivity contribution in [1.29, 1.82) is 5.26 Å². The number of anilines is 1. The Morgan fingerprint density at radius 3 is 2.70 bits per heavy atom. The Labute approximate surface area is 153 Å². The van der Waals surface area contributed by atoms with Gasteiger partial charge in [-0.1, -0.05) is 24.3 Å². The number of amides is 1. The number of nitrogens with zero attached hydrogens (tertiary/aromatic N) is 1. The number of rotatable bonds is 4. The quantitative estimate of drug-likeness (QED) is 0.564. The molecule has 0 unspecified atom stereocenters. The van der Waals surface area contributed by atoms with Gasteiger partial charge in [-0.15, -0.1) is 0 Å². The first kappa shape index (κ1) is 17.9. The van der Waals surface area contributed by atoms with Crippen LogP contribution in [0.25, 0.3) is 11.0 Å². The predicted octanol–water partition coefficient (Wildman–Crippen LogP) is 2.85. The van der Waals surface area contributed by atoms with Crippen LogP contribution in [0.2, 0.25) is 0 Å². The molecule has 0 aliphatic rings. The fourth-order valence-corrected chi connectivity index (χ4v) is 2.39. The van der Waals surface area contributed by atoms with Crippen molar-refractivity contribution in [3.05, 3.63) is 76.1 Å². The Balaban J connectivity index is 1.73. The Hall–Kier alpha value is -3.92. The topological polar surface area (TPSA) is 109 Å². The number of benzene rings is 2. The van der Waals surface area contributed by atoms with Crippen LogP contribution in [0.15, 0.2) is 63.8 Å². The number of fused-ring (bicyclic) bond motifs is 1. The highest BCUT2D eigenvalue weighted by molar-refractivity contribution is 5.98. The molecule has 1 atom stereocenters. The van der Waals surface area contributed by atoms with Gasteiger partial charge in [0, 0.05) is 11.1 Å². The van der Waals surface area contributed by atoms with Gasteiger partial charge in [0.05, 0.1) is 11.6 Å². The molecule has 27 heavy (non-hydrogen) atoms. The van der Waals surface area contributed by atoms with Gasteiger partial charge in [0.25, 0.3) is 5.91 Å². The van der Waals surface area contributed by atoms with E-state index in [4.69, 9.17) is 14.4 Å². The first-order valence-corrected chi connectivity index (χ1v) is 8.03. The summed E-state index contributed by atoms with van der Waals surface area (Å²) >= 11 is 0. The third-order valence-electron chi connectivity index (χ3n) is 3.77. The average Bonchev–Trinajstić information content (AvgIpc) is 2.67. The van der Waals surface area contributed by atoms with Gasteiger partial charge in [0.15, 0.2) is 6.10 Å². The van der Waals surface area contributed by atoms with Gasteiger partial charge < -0.3 is 14.5 Å². The molecule has 3 aromatic rings. The maximum absolute atomic E-state index is 12.3. The zero-order chi connectivity index (χ0) is 19.4. The van der Waals surface area contributed by atoms with Crippen LogP contribution >= 0.6 is 0 Å². The van der Waals surface area contributed by atoms with Crippen molar-refractivity contribution in [3.8, 4) is 6.07 Å². The third-order valence-corrected chi connectivity index (χ3v) is 3.77. The maximum Gasteiger partial charge on any atom is 0.351 e. The zero-order valence-electron chi connectivity index (χ0n) is 14.3. The second kappa shape index (κ2) is 7.54. The van der Waals surface area contributed by atoms with E-state index in [0.717, 1.165) is 0 Å². The Morgan fingerprint density at radius 2 is 1.93 bits per heavy atom. The normalized spacial score (nSPS) is 11.4. The molecule has 0 saturated heterocycles. The minimum atomic E-state index is -1.16. The maximum atomic E-state index is 12.3. The van der Waals surface area contributed by atoms with Crippen LogP contribution in [0, 0.1) is 11.3 Å². The van der Waals surface area contributed by atoms with E-state index in [9.17, 15) is 14.4 Å². The molecule has 0 bridgehead atoms. The van der Waals surface area contributed by atoms with Crippen LogP contribution in [0.5, 0.6) is 0 Å². The summed E-state index contributed by atoms with van der Waals surface area (Å²) in [5.41, 5.74) is -0.00605. The van der Waals surface area contributed by atoms with Crippen molar-refractivity contribution < 1.29 is 18.7 Å². The number of ether oxygens (including phenoxy) is 1. The summed E-state index contributed by atoms with van der Waals surface area (Å²) < 4.78 is 10.2. The highest BCUT2D eigenvalue weighted by Crippen LogP contribution is 2.14. The molecule has 0 spiro atoms. The minimum absolute atomic E-state index is 0.292. The van der Waals surface area contributed by atoms with Crippen molar-refractivity contribution in [1.82, 2.24) is 0 Å². The zero-order valence-corrected chi connectivity index (χ0v) is 14.3. The van der Waals surface area contributed by atoms with Gasteiger partial charge >= 0.3 is 11.6 Å². The third kappa shape index (κ3) is 4.02. The van der Waals surface area contributed by atoms with Gasteiger partial charge in [-0.05, 0) is 37.3 Å². The van der Waals surface area contributed by atoms with E-state index in [2.05, 4.69) is 5.32 Å². The molecule has 1 amide bonds. The molecular formula is C20H14N2O5. The SMILES string of the molecule is C[C@H](OC(=O)c1cc2ccccc2oc1=O)C(=O)Nc1cccc(C#N)c1. The summed E-state index contributed by atoms with van der Waals surface area (Å²) in [4.78, 5) is 36.5. The second-order valence-corrected chi connectivity index (χ2v) is 5.71. The molecule has 0 radical (unpaired) electrons. The van der Waals surface area contributed by atoms with Gasteiger partial charge in [-0.25, -0.2) is 9.59 Å². The standard InChI is InChI=1S/C20H14N2O5/c1-12(18(23)22-15-7-4-5-13(9-15)11-21)26-19(24)16-10-14-6-2-3-8-17(14)27-20(16)25/h2-10,12H,1H3,(H,22,23)/t12-/m0/s1. The van der Waals surface area contributed by atoms with Gasteiger partial charge in [0.1, 0.15) is 11.1 Å². The summed E-state index contributed by atoms with van der Waals surface area (Å²) in [6.45, 7) is 1.38. The highest BCUT2D eigenvalue weighted by atomic mass is 16.5. The molecule has 0 saturated carbocycles. The van der Waals surface area contributed by atoms with E-state index in [1.165, 1.54) is 19.1 Å². The lowest BCUT2D eigenvalue weighted by atomic mass is 10.2. The lowest BCUT2D eigenvalue weighted by Crippen LogP contribution is -2.31. The van der Waals surface area contributed by atoms with Crippen LogP contribution in [0.4, 0.5) is 5.69 Å². The number of hydrogen-bond acceptors (Lipinski definition) is 6. The summed E-state index contributed by atoms with van der Waals surface area (Å²) in [5, 5.41) is 12.0. The Morgan fingerprint density at radius 1 is 1.15 bits per heavy atom. The van der Waals surface area contributed by atoms with E-state index in [1.807, 2.05) is 6.07 Å². The molecule has 7 nitrogen and oxygen atoms in total. The summed E-state index contributed by atoms with van der Waals surface area (Å²) in [6, 6.07) is 16.4.